The van der Waals surface area contributed by atoms with E-state index in [1.165, 1.54) is 89.8 Å². The zero-order valence-electron chi connectivity index (χ0n) is 29.0. The van der Waals surface area contributed by atoms with Gasteiger partial charge in [-0.15, -0.1) is 0 Å². The highest BCUT2D eigenvalue weighted by atomic mass is 19.4. The normalized spacial score (nSPS) is 13.9. The molecule has 278 valence electrons. The molecule has 2 atom stereocenters. The molecule has 2 unspecified atom stereocenters. The molecule has 0 rings (SSSR count). The minimum Gasteiger partial charge on any atom is -0.464 e. The number of halogens is 7. The van der Waals surface area contributed by atoms with Crippen LogP contribution in [0.5, 0.6) is 0 Å². The van der Waals surface area contributed by atoms with Gasteiger partial charge in [0.2, 0.25) is 5.91 Å². The van der Waals surface area contributed by atoms with Gasteiger partial charge in [0.15, 0.2) is 0 Å². The van der Waals surface area contributed by atoms with Crippen LogP contribution in [0.2, 0.25) is 0 Å². The molecule has 0 radical (unpaired) electrons. The van der Waals surface area contributed by atoms with Crippen molar-refractivity contribution in [3.63, 3.8) is 0 Å². The van der Waals surface area contributed by atoms with E-state index in [0.717, 1.165) is 25.7 Å². The van der Waals surface area contributed by atoms with Gasteiger partial charge in [0.05, 0.1) is 6.61 Å². The Morgan fingerprint density at radius 2 is 0.957 bits per heavy atom. The van der Waals surface area contributed by atoms with Crippen LogP contribution in [-0.2, 0) is 19.1 Å². The lowest BCUT2D eigenvalue weighted by molar-refractivity contribution is -0.344. The number of carbonyl (C=O) groups is 3. The fraction of sp³-hybridized carbons (Fsp3) is 0.912. The van der Waals surface area contributed by atoms with E-state index in [4.69, 9.17) is 4.74 Å². The van der Waals surface area contributed by atoms with Crippen LogP contribution in [0.25, 0.3) is 0 Å². The van der Waals surface area contributed by atoms with Crippen molar-refractivity contribution >= 4 is 17.8 Å². The number of amides is 2. The predicted molar refractivity (Wildman–Crippen MR) is 169 cm³/mol. The first-order chi connectivity index (χ1) is 21.9. The summed E-state index contributed by atoms with van der Waals surface area (Å²) in [5.41, 5.74) is 0. The molecule has 0 aromatic carbocycles. The zero-order chi connectivity index (χ0) is 36.1. The summed E-state index contributed by atoms with van der Waals surface area (Å²) in [6, 6.07) is -3.15. The number of esters is 1. The Hall–Kier alpha value is -2.08. The van der Waals surface area contributed by atoms with Gasteiger partial charge in [-0.25, -0.2) is 4.79 Å². The Balaban J connectivity index is 4.68. The van der Waals surface area contributed by atoms with Crippen molar-refractivity contribution < 1.29 is 49.9 Å². The van der Waals surface area contributed by atoms with E-state index in [0.29, 0.717) is 6.42 Å². The van der Waals surface area contributed by atoms with Crippen molar-refractivity contribution in [3.05, 3.63) is 0 Å². The SMILES string of the molecule is CCCCCCCCCCCCCCCCCCOC(=O)C(CC(C)C)NC(=O)C(CC(C)C)NC(=O)C(F)(F)C(F)(F)C(F)(F)F. The Labute approximate surface area is 277 Å². The maximum Gasteiger partial charge on any atom is 0.460 e. The summed E-state index contributed by atoms with van der Waals surface area (Å²) >= 11 is 0. The molecule has 0 fully saturated rings. The van der Waals surface area contributed by atoms with Gasteiger partial charge in [0, 0.05) is 0 Å². The number of ether oxygens (including phenoxy) is 1. The van der Waals surface area contributed by atoms with E-state index in [-0.39, 0.29) is 25.4 Å². The number of nitrogens with one attached hydrogen (secondary N) is 2. The van der Waals surface area contributed by atoms with Crippen LogP contribution >= 0.6 is 0 Å². The first kappa shape index (κ1) is 44.9. The number of carbonyl (C=O) groups excluding carboxylic acids is 3. The quantitative estimate of drug-likeness (QED) is 0.0510. The van der Waals surface area contributed by atoms with Crippen LogP contribution < -0.4 is 10.6 Å². The molecule has 0 aromatic heterocycles. The smallest absolute Gasteiger partial charge is 0.460 e. The minimum absolute atomic E-state index is 0.0776. The van der Waals surface area contributed by atoms with Crippen LogP contribution in [0, 0.1) is 11.8 Å². The number of hydrogen-bond donors (Lipinski definition) is 2. The maximum atomic E-state index is 13.9. The molecule has 0 heterocycles. The average Bonchev–Trinajstić information content (AvgIpc) is 2.96. The van der Waals surface area contributed by atoms with E-state index < -0.39 is 53.8 Å². The summed E-state index contributed by atoms with van der Waals surface area (Å²) in [7, 11) is 0. The second-order valence-electron chi connectivity index (χ2n) is 13.5. The monoisotopic (exact) mass is 692 g/mol. The van der Waals surface area contributed by atoms with Gasteiger partial charge in [-0.05, 0) is 31.1 Å². The summed E-state index contributed by atoms with van der Waals surface area (Å²) in [4.78, 5) is 37.6. The van der Waals surface area contributed by atoms with E-state index >= 15 is 0 Å². The van der Waals surface area contributed by atoms with Gasteiger partial charge >= 0.3 is 24.0 Å². The fourth-order valence-electron chi connectivity index (χ4n) is 5.15. The molecule has 0 bridgehead atoms. The molecule has 0 saturated heterocycles. The van der Waals surface area contributed by atoms with Gasteiger partial charge < -0.3 is 15.4 Å². The highest BCUT2D eigenvalue weighted by Crippen LogP contribution is 2.46. The third-order valence-corrected chi connectivity index (χ3v) is 7.91. The molecule has 0 aromatic rings. The second kappa shape index (κ2) is 23.3. The lowest BCUT2D eigenvalue weighted by Gasteiger charge is -2.29. The minimum atomic E-state index is -6.71. The third kappa shape index (κ3) is 18.3. The summed E-state index contributed by atoms with van der Waals surface area (Å²) < 4.78 is 97.6. The van der Waals surface area contributed by atoms with Crippen molar-refractivity contribution in [2.75, 3.05) is 6.61 Å². The highest BCUT2D eigenvalue weighted by molar-refractivity contribution is 5.93. The first-order valence-corrected chi connectivity index (χ1v) is 17.5. The molecule has 0 aliphatic heterocycles. The number of rotatable bonds is 27. The molecule has 2 amide bonds. The Morgan fingerprint density at radius 1 is 0.574 bits per heavy atom. The number of unbranched alkanes of at least 4 members (excludes halogenated alkanes) is 15. The van der Waals surface area contributed by atoms with Crippen LogP contribution in [0.1, 0.15) is 150 Å². The topological polar surface area (TPSA) is 84.5 Å². The molecule has 13 heteroatoms. The standard InChI is InChI=1S/C34H59F7N2O4/c1-6-7-8-9-10-11-12-13-14-15-16-17-18-19-20-21-22-47-30(45)28(24-26(4)5)42-29(44)27(23-25(2)3)43-31(46)32(35,36)33(37,38)34(39,40)41/h25-28H,6-24H2,1-5H3,(H,42,44)(H,43,46). The second-order valence-corrected chi connectivity index (χ2v) is 13.5. The number of hydrogen-bond acceptors (Lipinski definition) is 4. The summed E-state index contributed by atoms with van der Waals surface area (Å²) in [6.07, 6.45) is 11.9. The molecule has 47 heavy (non-hydrogen) atoms. The van der Waals surface area contributed by atoms with Crippen LogP contribution in [0.3, 0.4) is 0 Å². The predicted octanol–water partition coefficient (Wildman–Crippen LogP) is 9.69. The largest absolute Gasteiger partial charge is 0.464 e. The number of alkyl halides is 7. The molecule has 2 N–H and O–H groups in total. The fourth-order valence-corrected chi connectivity index (χ4v) is 5.15. The molecular formula is C34H59F7N2O4. The third-order valence-electron chi connectivity index (χ3n) is 7.91. The van der Waals surface area contributed by atoms with E-state index in [1.54, 1.807) is 13.8 Å². The maximum absolute atomic E-state index is 13.9. The molecule has 6 nitrogen and oxygen atoms in total. The van der Waals surface area contributed by atoms with Gasteiger partial charge in [-0.2, -0.15) is 30.7 Å². The van der Waals surface area contributed by atoms with E-state index in [2.05, 4.69) is 12.2 Å². The van der Waals surface area contributed by atoms with Crippen molar-refractivity contribution in [2.45, 2.75) is 180 Å². The van der Waals surface area contributed by atoms with E-state index in [1.807, 2.05) is 0 Å². The lowest BCUT2D eigenvalue weighted by atomic mass is 10.00. The Kier molecular flexibility index (Phi) is 22.3. The Morgan fingerprint density at radius 3 is 1.34 bits per heavy atom. The molecule has 0 spiro atoms. The summed E-state index contributed by atoms with van der Waals surface area (Å²) in [5.74, 6) is -18.4. The zero-order valence-corrected chi connectivity index (χ0v) is 29.0. The molecular weight excluding hydrogens is 633 g/mol. The van der Waals surface area contributed by atoms with Crippen LogP contribution in [-0.4, -0.2) is 54.5 Å². The van der Waals surface area contributed by atoms with Crippen LogP contribution in [0.15, 0.2) is 0 Å². The van der Waals surface area contributed by atoms with Crippen LogP contribution in [0.4, 0.5) is 30.7 Å². The summed E-state index contributed by atoms with van der Waals surface area (Å²) in [5, 5.41) is 3.64. The van der Waals surface area contributed by atoms with Gasteiger partial charge in [-0.3, -0.25) is 9.59 Å². The van der Waals surface area contributed by atoms with Crippen molar-refractivity contribution in [1.29, 1.82) is 0 Å². The molecule has 0 aliphatic rings. The lowest BCUT2D eigenvalue weighted by Crippen LogP contribution is -2.62. The first-order valence-electron chi connectivity index (χ1n) is 17.5. The Bertz CT molecular complexity index is 883. The highest BCUT2D eigenvalue weighted by Gasteiger charge is 2.76. The molecule has 0 saturated carbocycles. The average molecular weight is 693 g/mol. The van der Waals surface area contributed by atoms with Crippen molar-refractivity contribution in [2.24, 2.45) is 11.8 Å². The van der Waals surface area contributed by atoms with E-state index in [9.17, 15) is 45.1 Å². The van der Waals surface area contributed by atoms with Gasteiger partial charge in [0.1, 0.15) is 12.1 Å². The van der Waals surface area contributed by atoms with Gasteiger partial charge in [-0.1, -0.05) is 131 Å². The van der Waals surface area contributed by atoms with Gasteiger partial charge in [0.25, 0.3) is 5.91 Å². The summed E-state index contributed by atoms with van der Waals surface area (Å²) in [6.45, 7) is 8.85. The molecule has 0 aliphatic carbocycles. The van der Waals surface area contributed by atoms with Crippen molar-refractivity contribution in [1.82, 2.24) is 10.6 Å². The van der Waals surface area contributed by atoms with Crippen molar-refractivity contribution in [3.8, 4) is 0 Å².